The number of rotatable bonds is 8. The first-order chi connectivity index (χ1) is 13.8. The number of hydrogen-bond donors (Lipinski definition) is 1. The molecule has 0 aliphatic rings. The second-order valence-corrected chi connectivity index (χ2v) is 5.79. The zero-order chi connectivity index (χ0) is 21.6. The van der Waals surface area contributed by atoms with Gasteiger partial charge in [0, 0.05) is 17.8 Å². The Hall–Kier alpha value is -3.82. The van der Waals surface area contributed by atoms with Crippen molar-refractivity contribution in [2.75, 3.05) is 33.3 Å². The van der Waals surface area contributed by atoms with Gasteiger partial charge in [0.2, 0.25) is 0 Å². The van der Waals surface area contributed by atoms with Crippen molar-refractivity contribution < 1.29 is 33.5 Å². The van der Waals surface area contributed by atoms with Crippen LogP contribution in [0.25, 0.3) is 0 Å². The van der Waals surface area contributed by atoms with E-state index in [1.54, 1.807) is 6.92 Å². The maximum atomic E-state index is 12.3. The third-order valence-electron chi connectivity index (χ3n) is 3.94. The van der Waals surface area contributed by atoms with E-state index < -0.39 is 16.8 Å². The predicted octanol–water partition coefficient (Wildman–Crippen LogP) is 2.72. The average Bonchev–Trinajstić information content (AvgIpc) is 2.72. The first kappa shape index (κ1) is 21.5. The number of amides is 1. The predicted molar refractivity (Wildman–Crippen MR) is 103 cm³/mol. The van der Waals surface area contributed by atoms with E-state index in [-0.39, 0.29) is 35.1 Å². The van der Waals surface area contributed by atoms with Gasteiger partial charge in [-0.05, 0) is 30.7 Å². The molecule has 2 rings (SSSR count). The van der Waals surface area contributed by atoms with Crippen molar-refractivity contribution in [2.45, 2.75) is 6.92 Å². The van der Waals surface area contributed by atoms with Crippen molar-refractivity contribution in [1.29, 1.82) is 0 Å². The molecule has 0 radical (unpaired) electrons. The minimum atomic E-state index is -0.565. The lowest BCUT2D eigenvalue weighted by Gasteiger charge is -2.13. The number of ether oxygens (including phenoxy) is 4. The van der Waals surface area contributed by atoms with Crippen molar-refractivity contribution in [3.05, 3.63) is 51.6 Å². The van der Waals surface area contributed by atoms with Gasteiger partial charge in [-0.1, -0.05) is 0 Å². The summed E-state index contributed by atoms with van der Waals surface area (Å²) >= 11 is 0. The number of nitrogens with one attached hydrogen (secondary N) is 1. The average molecular weight is 404 g/mol. The fraction of sp³-hybridized carbons (Fsp3) is 0.263. The molecule has 1 amide bonds. The Bertz CT molecular complexity index is 942. The van der Waals surface area contributed by atoms with Gasteiger partial charge in [-0.2, -0.15) is 0 Å². The van der Waals surface area contributed by atoms with E-state index >= 15 is 0 Å². The summed E-state index contributed by atoms with van der Waals surface area (Å²) in [7, 11) is 3.96. The van der Waals surface area contributed by atoms with Gasteiger partial charge in [-0.25, -0.2) is 4.79 Å². The van der Waals surface area contributed by atoms with Crippen LogP contribution >= 0.6 is 0 Å². The quantitative estimate of drug-likeness (QED) is 0.404. The highest BCUT2D eigenvalue weighted by Crippen LogP contribution is 2.33. The molecule has 0 bridgehead atoms. The van der Waals surface area contributed by atoms with Crippen LogP contribution in [-0.4, -0.2) is 44.7 Å². The second-order valence-electron chi connectivity index (χ2n) is 5.79. The number of anilines is 1. The first-order valence-electron chi connectivity index (χ1n) is 8.32. The van der Waals surface area contributed by atoms with Gasteiger partial charge in [0.1, 0.15) is 0 Å². The van der Waals surface area contributed by atoms with Gasteiger partial charge >= 0.3 is 11.7 Å². The fourth-order valence-electron chi connectivity index (χ4n) is 2.47. The lowest BCUT2D eigenvalue weighted by atomic mass is 10.1. The minimum Gasteiger partial charge on any atom is -0.493 e. The summed E-state index contributed by atoms with van der Waals surface area (Å²) in [5.41, 5.74) is 0.921. The molecule has 0 aliphatic heterocycles. The van der Waals surface area contributed by atoms with Gasteiger partial charge in [-0.15, -0.1) is 0 Å². The Balaban J connectivity index is 2.11. The Labute approximate surface area is 166 Å². The lowest BCUT2D eigenvalue weighted by molar-refractivity contribution is -0.385. The third-order valence-corrected chi connectivity index (χ3v) is 3.94. The highest BCUT2D eigenvalue weighted by molar-refractivity contribution is 5.93. The van der Waals surface area contributed by atoms with Crippen LogP contribution in [0.1, 0.15) is 15.9 Å². The standard InChI is InChI=1S/C19H20N2O8/c1-11-7-14(21(24)25)16(26-2)9-13(11)20-18(22)10-29-15-6-5-12(19(23)28-4)8-17(15)27-3/h5-9H,10H2,1-4H3,(H,20,22). The molecule has 0 aromatic heterocycles. The number of aryl methyl sites for hydroxylation is 1. The van der Waals surface area contributed by atoms with E-state index in [0.29, 0.717) is 11.3 Å². The minimum absolute atomic E-state index is 0.0249. The SMILES string of the molecule is COC(=O)c1ccc(OCC(=O)Nc2cc(OC)c([N+](=O)[O-])cc2C)c(OC)c1. The molecule has 0 aliphatic carbocycles. The number of benzene rings is 2. The largest absolute Gasteiger partial charge is 0.493 e. The van der Waals surface area contributed by atoms with E-state index in [0.717, 1.165) is 0 Å². The number of carbonyl (C=O) groups is 2. The summed E-state index contributed by atoms with van der Waals surface area (Å²) in [6.07, 6.45) is 0. The van der Waals surface area contributed by atoms with E-state index in [4.69, 9.17) is 14.2 Å². The van der Waals surface area contributed by atoms with Crippen LogP contribution in [0.5, 0.6) is 17.2 Å². The number of methoxy groups -OCH3 is 3. The first-order valence-corrected chi connectivity index (χ1v) is 8.32. The number of nitro groups is 1. The monoisotopic (exact) mass is 404 g/mol. The zero-order valence-corrected chi connectivity index (χ0v) is 16.3. The van der Waals surface area contributed by atoms with Crippen LogP contribution in [0.3, 0.4) is 0 Å². The number of hydrogen-bond acceptors (Lipinski definition) is 8. The molecule has 1 N–H and O–H groups in total. The van der Waals surface area contributed by atoms with Crippen LogP contribution in [0.4, 0.5) is 11.4 Å². The van der Waals surface area contributed by atoms with Crippen molar-refractivity contribution >= 4 is 23.3 Å². The number of carbonyl (C=O) groups excluding carboxylic acids is 2. The van der Waals surface area contributed by atoms with Crippen LogP contribution < -0.4 is 19.5 Å². The van der Waals surface area contributed by atoms with Crippen LogP contribution in [0, 0.1) is 17.0 Å². The Morgan fingerprint density at radius 1 is 1.03 bits per heavy atom. The second kappa shape index (κ2) is 9.40. The molecule has 0 atom stereocenters. The Morgan fingerprint density at radius 2 is 1.72 bits per heavy atom. The van der Waals surface area contributed by atoms with E-state index in [2.05, 4.69) is 10.1 Å². The van der Waals surface area contributed by atoms with Crippen LogP contribution in [0.15, 0.2) is 30.3 Å². The maximum absolute atomic E-state index is 12.3. The molecule has 0 fully saturated rings. The van der Waals surface area contributed by atoms with Gasteiger partial charge < -0.3 is 24.3 Å². The van der Waals surface area contributed by atoms with E-state index in [9.17, 15) is 19.7 Å². The molecular formula is C19H20N2O8. The summed E-state index contributed by atoms with van der Waals surface area (Å²) in [4.78, 5) is 34.3. The molecule has 0 unspecified atom stereocenters. The molecule has 0 saturated carbocycles. The normalized spacial score (nSPS) is 10.1. The molecule has 0 saturated heterocycles. The van der Waals surface area contributed by atoms with Gasteiger partial charge in [0.25, 0.3) is 5.91 Å². The molecule has 10 heteroatoms. The molecule has 2 aromatic rings. The summed E-state index contributed by atoms with van der Waals surface area (Å²) in [6.45, 7) is 1.27. The van der Waals surface area contributed by atoms with Crippen molar-refractivity contribution in [3.63, 3.8) is 0 Å². The summed E-state index contributed by atoms with van der Waals surface area (Å²) in [6, 6.07) is 7.08. The topological polar surface area (TPSA) is 126 Å². The molecule has 154 valence electrons. The van der Waals surface area contributed by atoms with Crippen LogP contribution in [0.2, 0.25) is 0 Å². The van der Waals surface area contributed by atoms with Crippen LogP contribution in [-0.2, 0) is 9.53 Å². The Kier molecular flexibility index (Phi) is 6.96. The molecule has 10 nitrogen and oxygen atoms in total. The molecule has 2 aromatic carbocycles. The number of nitrogens with zero attached hydrogens (tertiary/aromatic N) is 1. The van der Waals surface area contributed by atoms with Gasteiger partial charge in [-0.3, -0.25) is 14.9 Å². The van der Waals surface area contributed by atoms with Crippen molar-refractivity contribution in [3.8, 4) is 17.2 Å². The maximum Gasteiger partial charge on any atom is 0.337 e. The number of esters is 1. The van der Waals surface area contributed by atoms with Gasteiger partial charge in [0.05, 0.1) is 31.8 Å². The number of nitro benzene ring substituents is 1. The molecule has 0 spiro atoms. The summed E-state index contributed by atoms with van der Waals surface area (Å²) in [5.74, 6) is -0.489. The smallest absolute Gasteiger partial charge is 0.337 e. The van der Waals surface area contributed by atoms with Gasteiger partial charge in [0.15, 0.2) is 23.9 Å². The molecular weight excluding hydrogens is 384 g/mol. The third kappa shape index (κ3) is 5.12. The molecule has 0 heterocycles. The summed E-state index contributed by atoms with van der Waals surface area (Å²) < 4.78 is 20.3. The van der Waals surface area contributed by atoms with Crippen molar-refractivity contribution in [1.82, 2.24) is 0 Å². The highest BCUT2D eigenvalue weighted by atomic mass is 16.6. The highest BCUT2D eigenvalue weighted by Gasteiger charge is 2.19. The van der Waals surface area contributed by atoms with E-state index in [1.165, 1.54) is 51.7 Å². The lowest BCUT2D eigenvalue weighted by Crippen LogP contribution is -2.21. The fourth-order valence-corrected chi connectivity index (χ4v) is 2.47. The summed E-state index contributed by atoms with van der Waals surface area (Å²) in [5, 5.41) is 13.7. The Morgan fingerprint density at radius 3 is 2.31 bits per heavy atom. The van der Waals surface area contributed by atoms with E-state index in [1.807, 2.05) is 0 Å². The van der Waals surface area contributed by atoms with Crippen molar-refractivity contribution in [2.24, 2.45) is 0 Å². The molecule has 29 heavy (non-hydrogen) atoms. The zero-order valence-electron chi connectivity index (χ0n) is 16.3.